The fraction of sp³-hybridized carbons (Fsp3) is 0.556. The van der Waals surface area contributed by atoms with Gasteiger partial charge in [0.1, 0.15) is 0 Å². The predicted molar refractivity (Wildman–Crippen MR) is 134 cm³/mol. The van der Waals surface area contributed by atoms with Gasteiger partial charge in [0.05, 0.1) is 29.1 Å². The molecule has 0 bridgehead atoms. The number of aryl methyl sites for hydroxylation is 1. The standard InChI is InChI=1S/C27H36N4O5/c1-5-20-22-21(14-27(15-29-24(22)33)10-12-35-13-11-27)31(30-20)16-26(2,3)17-36-25(34)19-8-6-18(7-9-19)23(32)28-4/h6-9H,5,10-17H2,1-4H3,(H,28,32)(H,29,33). The lowest BCUT2D eigenvalue weighted by atomic mass is 9.76. The second-order valence-electron chi connectivity index (χ2n) is 10.6. The summed E-state index contributed by atoms with van der Waals surface area (Å²) in [4.78, 5) is 37.4. The molecule has 2 aliphatic rings. The summed E-state index contributed by atoms with van der Waals surface area (Å²) in [6.07, 6.45) is 3.24. The van der Waals surface area contributed by atoms with Gasteiger partial charge in [0, 0.05) is 44.3 Å². The maximum atomic E-state index is 13.1. The zero-order valence-corrected chi connectivity index (χ0v) is 21.6. The van der Waals surface area contributed by atoms with Crippen molar-refractivity contribution in [2.75, 3.05) is 33.4 Å². The summed E-state index contributed by atoms with van der Waals surface area (Å²) >= 11 is 0. The molecule has 194 valence electrons. The minimum atomic E-state index is -0.444. The Labute approximate surface area is 211 Å². The third-order valence-electron chi connectivity index (χ3n) is 7.19. The number of hydrogen-bond donors (Lipinski definition) is 2. The van der Waals surface area contributed by atoms with Crippen molar-refractivity contribution in [1.29, 1.82) is 0 Å². The number of benzene rings is 1. The molecule has 9 nitrogen and oxygen atoms in total. The van der Waals surface area contributed by atoms with Crippen molar-refractivity contribution in [1.82, 2.24) is 20.4 Å². The summed E-state index contributed by atoms with van der Waals surface area (Å²) in [5.41, 5.74) is 2.88. The first-order valence-corrected chi connectivity index (χ1v) is 12.6. The van der Waals surface area contributed by atoms with Crippen LogP contribution in [0.4, 0.5) is 0 Å². The molecule has 2 amide bonds. The maximum Gasteiger partial charge on any atom is 0.338 e. The van der Waals surface area contributed by atoms with E-state index >= 15 is 0 Å². The van der Waals surface area contributed by atoms with Crippen LogP contribution in [0.25, 0.3) is 0 Å². The van der Waals surface area contributed by atoms with Gasteiger partial charge in [-0.3, -0.25) is 14.3 Å². The Kier molecular flexibility index (Phi) is 7.49. The largest absolute Gasteiger partial charge is 0.461 e. The van der Waals surface area contributed by atoms with Gasteiger partial charge in [-0.05, 0) is 55.4 Å². The van der Waals surface area contributed by atoms with E-state index in [9.17, 15) is 14.4 Å². The van der Waals surface area contributed by atoms with Crippen molar-refractivity contribution in [3.8, 4) is 0 Å². The molecule has 0 saturated carbocycles. The summed E-state index contributed by atoms with van der Waals surface area (Å²) in [6.45, 7) is 8.80. The zero-order chi connectivity index (χ0) is 25.9. The molecule has 36 heavy (non-hydrogen) atoms. The highest BCUT2D eigenvalue weighted by Gasteiger charge is 2.40. The first-order chi connectivity index (χ1) is 17.2. The van der Waals surface area contributed by atoms with E-state index in [1.54, 1.807) is 31.3 Å². The highest BCUT2D eigenvalue weighted by Crippen LogP contribution is 2.38. The number of carbonyl (C=O) groups excluding carboxylic acids is 3. The maximum absolute atomic E-state index is 13.1. The number of aromatic nitrogens is 2. The molecule has 0 radical (unpaired) electrons. The van der Waals surface area contributed by atoms with Gasteiger partial charge in [0.25, 0.3) is 11.8 Å². The molecule has 2 aliphatic heterocycles. The lowest BCUT2D eigenvalue weighted by Gasteiger charge is -2.36. The molecule has 4 rings (SSSR count). The van der Waals surface area contributed by atoms with Crippen LogP contribution in [-0.4, -0.2) is 61.0 Å². The molecule has 1 aromatic carbocycles. The number of nitrogens with zero attached hydrogens (tertiary/aromatic N) is 2. The Hall–Kier alpha value is -3.20. The Morgan fingerprint density at radius 1 is 1.19 bits per heavy atom. The number of hydrogen-bond acceptors (Lipinski definition) is 6. The predicted octanol–water partition coefficient (Wildman–Crippen LogP) is 2.77. The van der Waals surface area contributed by atoms with Crippen LogP contribution >= 0.6 is 0 Å². The molecule has 2 N–H and O–H groups in total. The lowest BCUT2D eigenvalue weighted by Crippen LogP contribution is -2.41. The van der Waals surface area contributed by atoms with Crippen LogP contribution in [0.3, 0.4) is 0 Å². The van der Waals surface area contributed by atoms with Gasteiger partial charge >= 0.3 is 5.97 Å². The van der Waals surface area contributed by atoms with Gasteiger partial charge < -0.3 is 20.1 Å². The van der Waals surface area contributed by atoms with E-state index in [-0.39, 0.29) is 23.8 Å². The third kappa shape index (κ3) is 5.46. The highest BCUT2D eigenvalue weighted by molar-refractivity contribution is 5.97. The number of ether oxygens (including phenoxy) is 2. The number of esters is 1. The topological polar surface area (TPSA) is 112 Å². The van der Waals surface area contributed by atoms with Crippen molar-refractivity contribution in [3.63, 3.8) is 0 Å². The van der Waals surface area contributed by atoms with Gasteiger partial charge in [0.2, 0.25) is 0 Å². The van der Waals surface area contributed by atoms with Crippen molar-refractivity contribution >= 4 is 17.8 Å². The lowest BCUT2D eigenvalue weighted by molar-refractivity contribution is 0.0145. The number of amides is 2. The molecule has 3 heterocycles. The minimum absolute atomic E-state index is 0.0284. The summed E-state index contributed by atoms with van der Waals surface area (Å²) in [5, 5.41) is 10.5. The SMILES string of the molecule is CCc1nn(CC(C)(C)COC(=O)c2ccc(C(=O)NC)cc2)c2c1C(=O)NCC1(CCOCC1)C2. The molecular weight excluding hydrogens is 460 g/mol. The molecule has 0 unspecified atom stereocenters. The normalized spacial score (nSPS) is 17.2. The first-order valence-electron chi connectivity index (χ1n) is 12.6. The molecule has 9 heteroatoms. The smallest absolute Gasteiger partial charge is 0.338 e. The zero-order valence-electron chi connectivity index (χ0n) is 21.6. The van der Waals surface area contributed by atoms with E-state index < -0.39 is 11.4 Å². The van der Waals surface area contributed by atoms with Gasteiger partial charge in [0.15, 0.2) is 0 Å². The molecule has 1 saturated heterocycles. The van der Waals surface area contributed by atoms with Crippen LogP contribution in [0.5, 0.6) is 0 Å². The first kappa shape index (κ1) is 25.9. The molecule has 0 atom stereocenters. The molecular formula is C27H36N4O5. The van der Waals surface area contributed by atoms with Crippen LogP contribution < -0.4 is 10.6 Å². The Morgan fingerprint density at radius 3 is 2.50 bits per heavy atom. The van der Waals surface area contributed by atoms with E-state index in [1.165, 1.54) is 0 Å². The number of fused-ring (bicyclic) bond motifs is 1. The summed E-state index contributed by atoms with van der Waals surface area (Å²) in [5.74, 6) is -0.710. The van der Waals surface area contributed by atoms with Gasteiger partial charge in [-0.25, -0.2) is 4.79 Å². The second kappa shape index (κ2) is 10.4. The number of rotatable bonds is 7. The van der Waals surface area contributed by atoms with E-state index in [0.717, 1.165) is 30.7 Å². The minimum Gasteiger partial charge on any atom is -0.461 e. The van der Waals surface area contributed by atoms with Crippen molar-refractivity contribution in [3.05, 3.63) is 52.3 Å². The van der Waals surface area contributed by atoms with Crippen LogP contribution in [0.2, 0.25) is 0 Å². The van der Waals surface area contributed by atoms with Gasteiger partial charge in [-0.1, -0.05) is 20.8 Å². The van der Waals surface area contributed by atoms with Gasteiger partial charge in [-0.2, -0.15) is 5.10 Å². The quantitative estimate of drug-likeness (QED) is 0.570. The Bertz CT molecular complexity index is 1130. The number of carbonyl (C=O) groups is 3. The summed E-state index contributed by atoms with van der Waals surface area (Å²) < 4.78 is 13.2. The van der Waals surface area contributed by atoms with Crippen LogP contribution in [-0.2, 0) is 28.9 Å². The van der Waals surface area contributed by atoms with Crippen molar-refractivity contribution < 1.29 is 23.9 Å². The Morgan fingerprint density at radius 2 is 1.86 bits per heavy atom. The van der Waals surface area contributed by atoms with Crippen LogP contribution in [0, 0.1) is 10.8 Å². The monoisotopic (exact) mass is 496 g/mol. The number of nitrogens with one attached hydrogen (secondary N) is 2. The van der Waals surface area contributed by atoms with E-state index in [1.807, 2.05) is 25.5 Å². The van der Waals surface area contributed by atoms with Crippen LogP contribution in [0.15, 0.2) is 24.3 Å². The average Bonchev–Trinajstić information content (AvgIpc) is 3.14. The van der Waals surface area contributed by atoms with E-state index in [4.69, 9.17) is 14.6 Å². The summed E-state index contributed by atoms with van der Waals surface area (Å²) in [6, 6.07) is 6.38. The summed E-state index contributed by atoms with van der Waals surface area (Å²) in [7, 11) is 1.56. The van der Waals surface area contributed by atoms with E-state index in [2.05, 4.69) is 10.6 Å². The molecule has 0 aliphatic carbocycles. The average molecular weight is 497 g/mol. The third-order valence-corrected chi connectivity index (χ3v) is 7.19. The van der Waals surface area contributed by atoms with E-state index in [0.29, 0.717) is 49.4 Å². The van der Waals surface area contributed by atoms with Crippen molar-refractivity contribution in [2.24, 2.45) is 10.8 Å². The molecule has 2 aromatic rings. The van der Waals surface area contributed by atoms with Crippen molar-refractivity contribution in [2.45, 2.75) is 53.0 Å². The highest BCUT2D eigenvalue weighted by atomic mass is 16.5. The fourth-order valence-electron chi connectivity index (χ4n) is 5.00. The second-order valence-corrected chi connectivity index (χ2v) is 10.6. The van der Waals surface area contributed by atoms with Gasteiger partial charge in [-0.15, -0.1) is 0 Å². The molecule has 1 fully saturated rings. The molecule has 1 aromatic heterocycles. The van der Waals surface area contributed by atoms with Crippen LogP contribution in [0.1, 0.15) is 76.1 Å². The Balaban J connectivity index is 1.49. The molecule has 1 spiro atoms. The fourth-order valence-corrected chi connectivity index (χ4v) is 5.00.